The van der Waals surface area contributed by atoms with Crippen molar-refractivity contribution in [3.63, 3.8) is 0 Å². The van der Waals surface area contributed by atoms with Gasteiger partial charge in [0.25, 0.3) is 0 Å². The predicted molar refractivity (Wildman–Crippen MR) is 137 cm³/mol. The van der Waals surface area contributed by atoms with E-state index in [0.29, 0.717) is 24.6 Å². The van der Waals surface area contributed by atoms with Gasteiger partial charge in [-0.15, -0.1) is 0 Å². The highest BCUT2D eigenvalue weighted by Crippen LogP contribution is 2.08. The molecule has 0 aliphatic rings. The van der Waals surface area contributed by atoms with E-state index < -0.39 is 5.97 Å². The maximum absolute atomic E-state index is 11.8. The zero-order valence-electron chi connectivity index (χ0n) is 20.3. The number of esters is 1. The van der Waals surface area contributed by atoms with Crippen LogP contribution in [0, 0.1) is 0 Å². The monoisotopic (exact) mass is 504 g/mol. The first-order chi connectivity index (χ1) is 17.9. The van der Waals surface area contributed by atoms with Crippen LogP contribution in [0.2, 0.25) is 0 Å². The first-order valence-corrected chi connectivity index (χ1v) is 11.5. The average molecular weight is 505 g/mol. The number of hydrogen-bond donors (Lipinski definition) is 3. The number of hydrogen-bond acceptors (Lipinski definition) is 7. The minimum absolute atomic E-state index is 0.0452. The fourth-order valence-electron chi connectivity index (χ4n) is 3.05. The van der Waals surface area contributed by atoms with Crippen molar-refractivity contribution in [1.82, 2.24) is 9.97 Å². The van der Waals surface area contributed by atoms with Crippen LogP contribution in [0.3, 0.4) is 0 Å². The second kappa shape index (κ2) is 14.1. The summed E-state index contributed by atoms with van der Waals surface area (Å²) in [4.78, 5) is 39.7. The lowest BCUT2D eigenvalue weighted by molar-refractivity contribution is -0.142. The summed E-state index contributed by atoms with van der Waals surface area (Å²) in [5.74, 6) is 0.0988. The number of aliphatic hydroxyl groups is 1. The molecule has 0 bridgehead atoms. The highest BCUT2D eigenvalue weighted by Gasteiger charge is 2.05. The van der Waals surface area contributed by atoms with Crippen molar-refractivity contribution in [3.05, 3.63) is 128 Å². The van der Waals surface area contributed by atoms with Crippen molar-refractivity contribution in [2.75, 3.05) is 0 Å². The van der Waals surface area contributed by atoms with Crippen molar-refractivity contribution in [2.24, 2.45) is 0 Å². The first kappa shape index (κ1) is 27.0. The van der Waals surface area contributed by atoms with E-state index in [2.05, 4.69) is 9.97 Å². The summed E-state index contributed by atoms with van der Waals surface area (Å²) in [5, 5.41) is 8.85. The van der Waals surface area contributed by atoms with Gasteiger partial charge in [0.1, 0.15) is 19.8 Å². The summed E-state index contributed by atoms with van der Waals surface area (Å²) in [6, 6.07) is 21.9. The van der Waals surface area contributed by atoms with Crippen LogP contribution in [-0.2, 0) is 36.0 Å². The van der Waals surface area contributed by atoms with Gasteiger partial charge in [-0.2, -0.15) is 0 Å². The Labute approximate surface area is 213 Å². The van der Waals surface area contributed by atoms with Crippen molar-refractivity contribution < 1.29 is 24.1 Å². The van der Waals surface area contributed by atoms with Gasteiger partial charge in [-0.05, 0) is 11.1 Å². The molecule has 0 amide bonds. The van der Waals surface area contributed by atoms with E-state index in [0.717, 1.165) is 11.1 Å². The smallest absolute Gasteiger partial charge is 0.303 e. The van der Waals surface area contributed by atoms with Gasteiger partial charge in [0, 0.05) is 37.1 Å². The quantitative estimate of drug-likeness (QED) is 0.298. The Morgan fingerprint density at radius 3 is 1.62 bits per heavy atom. The first-order valence-electron chi connectivity index (χ1n) is 11.5. The highest BCUT2D eigenvalue weighted by molar-refractivity contribution is 5.65. The zero-order valence-corrected chi connectivity index (χ0v) is 20.3. The van der Waals surface area contributed by atoms with Gasteiger partial charge in [-0.3, -0.25) is 14.4 Å². The van der Waals surface area contributed by atoms with Crippen LogP contribution < -0.4 is 20.3 Å². The molecule has 0 aliphatic heterocycles. The molecule has 9 heteroatoms. The summed E-state index contributed by atoms with van der Waals surface area (Å²) < 4.78 is 15.7. The van der Waals surface area contributed by atoms with E-state index in [1.54, 1.807) is 0 Å². The molecular formula is C28H28N2O7. The standard InChI is InChI=1S/C15H15NO4.C13H13NO3/c1-11(17)19-10-13-7-14(18)15(8-16-13)20-9-12-5-3-2-4-6-12;15-8-11-6-12(16)13(7-14-11)17-9-10-4-2-1-3-5-10/h2-8H,9-10H2,1H3,(H,16,18);1-7,15H,8-9H2,(H,14,16). The number of rotatable bonds is 9. The van der Waals surface area contributed by atoms with Crippen molar-refractivity contribution in [1.29, 1.82) is 0 Å². The molecule has 0 fully saturated rings. The maximum atomic E-state index is 11.8. The van der Waals surface area contributed by atoms with Crippen molar-refractivity contribution in [3.8, 4) is 11.5 Å². The Bertz CT molecular complexity index is 1380. The van der Waals surface area contributed by atoms with E-state index in [-0.39, 0.29) is 35.6 Å². The lowest BCUT2D eigenvalue weighted by Gasteiger charge is -2.07. The van der Waals surface area contributed by atoms with Crippen LogP contribution >= 0.6 is 0 Å². The number of carbonyl (C=O) groups excluding carboxylic acids is 1. The third-order valence-electron chi connectivity index (χ3n) is 4.95. The number of aromatic nitrogens is 2. The largest absolute Gasteiger partial charge is 0.483 e. The summed E-state index contributed by atoms with van der Waals surface area (Å²) in [6.07, 6.45) is 2.95. The average Bonchev–Trinajstić information content (AvgIpc) is 2.92. The molecule has 4 rings (SSSR count). The molecule has 0 radical (unpaired) electrons. The van der Waals surface area contributed by atoms with Gasteiger partial charge in [0.05, 0.1) is 12.3 Å². The fourth-order valence-corrected chi connectivity index (χ4v) is 3.05. The van der Waals surface area contributed by atoms with Crippen LogP contribution in [0.1, 0.15) is 29.4 Å². The Kier molecular flexibility index (Phi) is 10.2. The Hall–Kier alpha value is -4.63. The SMILES string of the molecule is CC(=O)OCc1cc(=O)c(OCc2ccccc2)c[nH]1.O=c1cc(CO)[nH]cc1OCc1ccccc1. The van der Waals surface area contributed by atoms with Gasteiger partial charge in [-0.25, -0.2) is 0 Å². The van der Waals surface area contributed by atoms with Crippen molar-refractivity contribution >= 4 is 5.97 Å². The second-order valence-corrected chi connectivity index (χ2v) is 7.86. The van der Waals surface area contributed by atoms with E-state index >= 15 is 0 Å². The third kappa shape index (κ3) is 9.15. The molecule has 4 aromatic rings. The van der Waals surface area contributed by atoms with Crippen LogP contribution in [0.4, 0.5) is 0 Å². The summed E-state index contributed by atoms with van der Waals surface area (Å²) in [7, 11) is 0. The number of ether oxygens (including phenoxy) is 3. The number of H-pyrrole nitrogens is 2. The minimum Gasteiger partial charge on any atom is -0.483 e. The van der Waals surface area contributed by atoms with Crippen molar-refractivity contribution in [2.45, 2.75) is 33.4 Å². The van der Waals surface area contributed by atoms with Gasteiger partial charge in [0.15, 0.2) is 11.5 Å². The molecule has 3 N–H and O–H groups in total. The Morgan fingerprint density at radius 1 is 0.730 bits per heavy atom. The number of nitrogens with one attached hydrogen (secondary N) is 2. The van der Waals surface area contributed by atoms with Crippen LogP contribution in [0.25, 0.3) is 0 Å². The predicted octanol–water partition coefficient (Wildman–Crippen LogP) is 3.46. The molecule has 9 nitrogen and oxygen atoms in total. The summed E-state index contributed by atoms with van der Waals surface area (Å²) >= 11 is 0. The molecule has 2 heterocycles. The molecule has 0 spiro atoms. The summed E-state index contributed by atoms with van der Waals surface area (Å²) in [6.45, 7) is 1.85. The number of aromatic amines is 2. The van der Waals surface area contributed by atoms with E-state index in [4.69, 9.17) is 19.3 Å². The Morgan fingerprint density at radius 2 is 1.19 bits per heavy atom. The van der Waals surface area contributed by atoms with Gasteiger partial charge in [-0.1, -0.05) is 60.7 Å². The van der Waals surface area contributed by atoms with Crippen LogP contribution in [-0.4, -0.2) is 21.0 Å². The summed E-state index contributed by atoms with van der Waals surface area (Å²) in [5.41, 5.74) is 2.50. The number of carbonyl (C=O) groups is 1. The molecule has 2 aromatic heterocycles. The minimum atomic E-state index is -0.393. The number of pyridine rings is 2. The van der Waals surface area contributed by atoms with Crippen LogP contribution in [0.15, 0.2) is 94.8 Å². The third-order valence-corrected chi connectivity index (χ3v) is 4.95. The number of benzene rings is 2. The van der Waals surface area contributed by atoms with Crippen LogP contribution in [0.5, 0.6) is 11.5 Å². The molecular weight excluding hydrogens is 476 g/mol. The van der Waals surface area contributed by atoms with E-state index in [1.165, 1.54) is 31.5 Å². The molecule has 0 unspecified atom stereocenters. The lowest BCUT2D eigenvalue weighted by atomic mass is 10.2. The molecule has 192 valence electrons. The van der Waals surface area contributed by atoms with E-state index in [9.17, 15) is 14.4 Å². The second-order valence-electron chi connectivity index (χ2n) is 7.86. The molecule has 0 aliphatic carbocycles. The Balaban J connectivity index is 0.000000208. The molecule has 2 aromatic carbocycles. The highest BCUT2D eigenvalue weighted by atomic mass is 16.5. The zero-order chi connectivity index (χ0) is 26.5. The topological polar surface area (TPSA) is 131 Å². The normalized spacial score (nSPS) is 10.1. The van der Waals surface area contributed by atoms with Gasteiger partial charge in [0.2, 0.25) is 10.9 Å². The van der Waals surface area contributed by atoms with Gasteiger partial charge < -0.3 is 29.3 Å². The van der Waals surface area contributed by atoms with E-state index in [1.807, 2.05) is 60.7 Å². The molecule has 0 saturated carbocycles. The number of aliphatic hydroxyl groups excluding tert-OH is 1. The molecule has 37 heavy (non-hydrogen) atoms. The van der Waals surface area contributed by atoms with Gasteiger partial charge >= 0.3 is 5.97 Å². The molecule has 0 saturated heterocycles. The molecule has 0 atom stereocenters. The fraction of sp³-hybridized carbons (Fsp3) is 0.179. The maximum Gasteiger partial charge on any atom is 0.303 e. The lowest BCUT2D eigenvalue weighted by Crippen LogP contribution is -2.11.